The molecule has 1 radical (unpaired) electrons. The van der Waals surface area contributed by atoms with E-state index < -0.39 is 15.8 Å². The Hall–Kier alpha value is -0.1000. The van der Waals surface area contributed by atoms with E-state index in [9.17, 15) is 0 Å². The van der Waals surface area contributed by atoms with E-state index in [1.807, 2.05) is 0 Å². The smallest absolute Gasteiger partial charge is 0.0619 e. The molecule has 0 aliphatic carbocycles. The Labute approximate surface area is 101 Å². The van der Waals surface area contributed by atoms with Crippen LogP contribution in [0.4, 0.5) is 0 Å². The summed E-state index contributed by atoms with van der Waals surface area (Å²) < 4.78 is 3.03. The fourth-order valence-electron chi connectivity index (χ4n) is 1.18. The van der Waals surface area contributed by atoms with Crippen molar-refractivity contribution >= 4 is 18.6 Å². The minimum atomic E-state index is -1.13. The van der Waals surface area contributed by atoms with Gasteiger partial charge in [-0.05, 0) is 24.3 Å². The van der Waals surface area contributed by atoms with Crippen molar-refractivity contribution < 1.29 is 15.8 Å². The lowest BCUT2D eigenvalue weighted by molar-refractivity contribution is -0.654. The summed E-state index contributed by atoms with van der Waals surface area (Å²) in [6, 6.07) is 21.6. The maximum Gasteiger partial charge on any atom is 0.237 e. The maximum absolute atomic E-state index is 2.63. The van der Waals surface area contributed by atoms with Crippen molar-refractivity contribution in [3.63, 3.8) is 0 Å². The number of hydrogen-bond donors (Lipinski definition) is 0. The minimum absolute atomic E-state index is 1.13. The predicted molar refractivity (Wildman–Crippen MR) is 64.3 cm³/mol. The average molecular weight is 408 g/mol. The van der Waals surface area contributed by atoms with E-state index in [1.165, 1.54) is 7.14 Å². The van der Waals surface area contributed by atoms with Crippen LogP contribution in [0.15, 0.2) is 60.7 Å². The second-order valence-corrected chi connectivity index (χ2v) is 12.1. The summed E-state index contributed by atoms with van der Waals surface area (Å²) >= 11 is 1.50. The van der Waals surface area contributed by atoms with Crippen LogP contribution in [0.3, 0.4) is 0 Å². The second-order valence-electron chi connectivity index (χ2n) is 2.83. The molecule has 14 heavy (non-hydrogen) atoms. The van der Waals surface area contributed by atoms with E-state index >= 15 is 0 Å². The highest BCUT2D eigenvalue weighted by Gasteiger charge is 2.22. The van der Waals surface area contributed by atoms with Crippen LogP contribution >= 0.6 is 18.6 Å². The van der Waals surface area contributed by atoms with E-state index in [1.54, 1.807) is 0 Å². The molecule has 0 bridgehead atoms. The molecule has 0 aliphatic heterocycles. The molecule has 0 amide bonds. The summed E-state index contributed by atoms with van der Waals surface area (Å²) in [5.74, 6) is 0. The molecule has 2 heteroatoms. The molecule has 2 rings (SSSR count). The van der Waals surface area contributed by atoms with Gasteiger partial charge in [0, 0.05) is 0 Å². The lowest BCUT2D eigenvalue weighted by Gasteiger charge is -1.96. The number of rotatable bonds is 2. The number of benzene rings is 2. The van der Waals surface area contributed by atoms with Crippen LogP contribution in [0.1, 0.15) is 0 Å². The first-order valence-electron chi connectivity index (χ1n) is 4.34. The Morgan fingerprint density at radius 3 is 1.36 bits per heavy atom. The van der Waals surface area contributed by atoms with Gasteiger partial charge in [-0.2, -0.15) is 0 Å². The van der Waals surface area contributed by atoms with Crippen LogP contribution in [-0.2, 0) is 0 Å². The van der Waals surface area contributed by atoms with Crippen LogP contribution in [0.5, 0.6) is 0 Å². The molecular formula is C12H10I2+. The molecule has 0 saturated heterocycles. The first kappa shape index (κ1) is 10.4. The normalized spacial score (nSPS) is 10.4. The molecule has 0 heterocycles. The Morgan fingerprint density at radius 1 is 0.643 bits per heavy atom. The van der Waals surface area contributed by atoms with Gasteiger partial charge in [0.1, 0.15) is 0 Å². The van der Waals surface area contributed by atoms with Gasteiger partial charge in [-0.25, -0.2) is 0 Å². The van der Waals surface area contributed by atoms with Crippen molar-refractivity contribution in [2.45, 2.75) is 0 Å². The van der Waals surface area contributed by atoms with Crippen LogP contribution in [0.2, 0.25) is 0 Å². The number of halogens is 2. The average Bonchev–Trinajstić information content (AvgIpc) is 2.30. The molecule has 0 aromatic heterocycles. The zero-order valence-corrected chi connectivity index (χ0v) is 11.8. The van der Waals surface area contributed by atoms with Crippen LogP contribution in [0, 0.1) is 7.14 Å². The zero-order chi connectivity index (χ0) is 9.80. The van der Waals surface area contributed by atoms with Gasteiger partial charge in [-0.1, -0.05) is 36.4 Å². The monoisotopic (exact) mass is 408 g/mol. The standard InChI is InChI=1S/C12H10I2/c13-14(11-7-3-1-4-8-11)12-9-5-2-6-10-12/h1-10H/q+1. The Balaban J connectivity index is 2.30. The fraction of sp³-hybridized carbons (Fsp3) is 0. The molecule has 0 nitrogen and oxygen atoms in total. The molecule has 0 N–H and O–H groups in total. The highest BCUT2D eigenvalue weighted by Crippen LogP contribution is 1.88. The molecular weight excluding hydrogens is 398 g/mol. The zero-order valence-electron chi connectivity index (χ0n) is 7.53. The third-order valence-electron chi connectivity index (χ3n) is 1.85. The van der Waals surface area contributed by atoms with Gasteiger partial charge < -0.3 is 0 Å². The second kappa shape index (κ2) is 5.11. The summed E-state index contributed by atoms with van der Waals surface area (Å²) in [5, 5.41) is 0. The predicted octanol–water partition coefficient (Wildman–Crippen LogP) is 0.701. The molecule has 2 aromatic rings. The first-order chi connectivity index (χ1) is 6.88. The van der Waals surface area contributed by atoms with Crippen molar-refractivity contribution in [2.24, 2.45) is 0 Å². The minimum Gasteiger partial charge on any atom is -0.0619 e. The molecule has 0 aliphatic rings. The van der Waals surface area contributed by atoms with Crippen molar-refractivity contribution in [3.05, 3.63) is 67.8 Å². The lowest BCUT2D eigenvalue weighted by atomic mass is 10.4. The molecule has 0 atom stereocenters. The van der Waals surface area contributed by atoms with Crippen LogP contribution in [-0.4, -0.2) is 0 Å². The maximum atomic E-state index is 2.63. The van der Waals surface area contributed by atoms with Crippen molar-refractivity contribution in [3.8, 4) is 0 Å². The Morgan fingerprint density at radius 2 is 1.00 bits per heavy atom. The molecule has 2 aromatic carbocycles. The van der Waals surface area contributed by atoms with Gasteiger partial charge in [0.25, 0.3) is 0 Å². The highest BCUT2D eigenvalue weighted by molar-refractivity contribution is 14.1. The van der Waals surface area contributed by atoms with Gasteiger partial charge in [-0.3, -0.25) is 0 Å². The molecule has 0 unspecified atom stereocenters. The molecule has 0 fully saturated rings. The van der Waals surface area contributed by atoms with Gasteiger partial charge in [-0.15, -0.1) is 0 Å². The van der Waals surface area contributed by atoms with Gasteiger partial charge >= 0.3 is 0 Å². The van der Waals surface area contributed by atoms with Crippen molar-refractivity contribution in [2.75, 3.05) is 0 Å². The summed E-state index contributed by atoms with van der Waals surface area (Å²) in [4.78, 5) is 0. The third kappa shape index (κ3) is 2.48. The van der Waals surface area contributed by atoms with Crippen LogP contribution < -0.4 is 15.8 Å². The topological polar surface area (TPSA) is 0 Å². The quantitative estimate of drug-likeness (QED) is 0.643. The molecule has 0 spiro atoms. The van der Waals surface area contributed by atoms with Gasteiger partial charge in [0.15, 0.2) is 7.14 Å². The van der Waals surface area contributed by atoms with Crippen LogP contribution in [0.25, 0.3) is 0 Å². The molecule has 71 valence electrons. The van der Waals surface area contributed by atoms with Crippen molar-refractivity contribution in [1.82, 2.24) is 0 Å². The lowest BCUT2D eigenvalue weighted by Crippen LogP contribution is -3.79. The summed E-state index contributed by atoms with van der Waals surface area (Å²) in [5.41, 5.74) is 0. The largest absolute Gasteiger partial charge is 0.237 e. The summed E-state index contributed by atoms with van der Waals surface area (Å²) in [6.45, 7) is 0. The number of hydrogen-bond acceptors (Lipinski definition) is 0. The van der Waals surface area contributed by atoms with Gasteiger partial charge in [0.05, 0.1) is 0 Å². The van der Waals surface area contributed by atoms with Gasteiger partial charge in [0.2, 0.25) is 34.5 Å². The Kier molecular flexibility index (Phi) is 3.81. The third-order valence-corrected chi connectivity index (χ3v) is 11.8. The van der Waals surface area contributed by atoms with E-state index in [-0.39, 0.29) is 0 Å². The Bertz CT molecular complexity index is 344. The van der Waals surface area contributed by atoms with E-state index in [0.717, 1.165) is 0 Å². The highest BCUT2D eigenvalue weighted by atomic mass is 128. The van der Waals surface area contributed by atoms with E-state index in [4.69, 9.17) is 0 Å². The molecule has 0 saturated carbocycles. The van der Waals surface area contributed by atoms with E-state index in [2.05, 4.69) is 79.3 Å². The summed E-state index contributed by atoms with van der Waals surface area (Å²) in [7, 11) is 0. The van der Waals surface area contributed by atoms with E-state index in [0.29, 0.717) is 0 Å². The fourth-order valence-corrected chi connectivity index (χ4v) is 7.64. The first-order valence-corrected chi connectivity index (χ1v) is 12.8. The van der Waals surface area contributed by atoms with Crippen molar-refractivity contribution in [1.29, 1.82) is 0 Å². The summed E-state index contributed by atoms with van der Waals surface area (Å²) in [6.07, 6.45) is 0. The SMILES string of the molecule is I[I+](c1ccccc1)c1ccccc1.